The Labute approximate surface area is 200 Å². The maximum atomic E-state index is 13.1. The second-order valence-electron chi connectivity index (χ2n) is 8.47. The van der Waals surface area contributed by atoms with Crippen LogP contribution in [0.3, 0.4) is 0 Å². The van der Waals surface area contributed by atoms with Crippen LogP contribution in [0.15, 0.2) is 83.1 Å². The lowest BCUT2D eigenvalue weighted by Crippen LogP contribution is -2.22. The first kappa shape index (κ1) is 22.9. The summed E-state index contributed by atoms with van der Waals surface area (Å²) in [5, 5.41) is 6.62. The summed E-state index contributed by atoms with van der Waals surface area (Å²) in [6.45, 7) is 7.92. The average Bonchev–Trinajstić information content (AvgIpc) is 2.83. The van der Waals surface area contributed by atoms with Crippen LogP contribution in [-0.4, -0.2) is 11.5 Å². The molecule has 0 fully saturated rings. The maximum Gasteiger partial charge on any atom is 0.204 e. The van der Waals surface area contributed by atoms with E-state index < -0.39 is 0 Å². The van der Waals surface area contributed by atoms with Gasteiger partial charge in [0.25, 0.3) is 0 Å². The van der Waals surface area contributed by atoms with Crippen LogP contribution in [0.2, 0.25) is 0 Å². The van der Waals surface area contributed by atoms with Gasteiger partial charge in [-0.15, -0.1) is 0 Å². The molecule has 0 atom stereocenters. The second kappa shape index (κ2) is 9.27. The SMILES string of the molecule is Cc1c(N)ccc(N=C2C=C(Nc3ccc(N)c(C)c3C)C(=O)C=C2Nc2ccccc2)c1C. The lowest BCUT2D eigenvalue weighted by Gasteiger charge is -2.20. The van der Waals surface area contributed by atoms with Gasteiger partial charge < -0.3 is 22.1 Å². The van der Waals surface area contributed by atoms with E-state index in [1.54, 1.807) is 12.2 Å². The number of hydrogen-bond acceptors (Lipinski definition) is 6. The van der Waals surface area contributed by atoms with Crippen molar-refractivity contribution in [2.45, 2.75) is 27.7 Å². The summed E-state index contributed by atoms with van der Waals surface area (Å²) in [4.78, 5) is 18.0. The molecule has 1 aliphatic carbocycles. The van der Waals surface area contributed by atoms with Crippen LogP contribution >= 0.6 is 0 Å². The summed E-state index contributed by atoms with van der Waals surface area (Å²) in [6.07, 6.45) is 3.36. The molecule has 6 N–H and O–H groups in total. The molecule has 172 valence electrons. The molecule has 3 aromatic carbocycles. The number of para-hydroxylation sites is 1. The third-order valence-corrected chi connectivity index (χ3v) is 6.29. The number of rotatable bonds is 5. The molecule has 6 heteroatoms. The molecule has 0 saturated carbocycles. The van der Waals surface area contributed by atoms with Crippen LogP contribution in [0.1, 0.15) is 22.3 Å². The fourth-order valence-electron chi connectivity index (χ4n) is 3.74. The van der Waals surface area contributed by atoms with Crippen LogP contribution in [0.5, 0.6) is 0 Å². The molecule has 6 nitrogen and oxygen atoms in total. The van der Waals surface area contributed by atoms with Crippen molar-refractivity contribution in [1.82, 2.24) is 0 Å². The molecular formula is C28H29N5O. The number of anilines is 4. The van der Waals surface area contributed by atoms with E-state index in [0.717, 1.165) is 50.7 Å². The Morgan fingerprint density at radius 2 is 1.32 bits per heavy atom. The molecular weight excluding hydrogens is 422 g/mol. The molecule has 0 aliphatic heterocycles. The molecule has 0 bridgehead atoms. The van der Waals surface area contributed by atoms with E-state index in [0.29, 0.717) is 17.1 Å². The maximum absolute atomic E-state index is 13.1. The van der Waals surface area contributed by atoms with Crippen molar-refractivity contribution in [2.24, 2.45) is 4.99 Å². The Bertz CT molecular complexity index is 1370. The largest absolute Gasteiger partial charge is 0.399 e. The summed E-state index contributed by atoms with van der Waals surface area (Å²) < 4.78 is 0. The molecule has 3 aromatic rings. The topological polar surface area (TPSA) is 106 Å². The average molecular weight is 452 g/mol. The highest BCUT2D eigenvalue weighted by Crippen LogP contribution is 2.29. The highest BCUT2D eigenvalue weighted by molar-refractivity contribution is 6.24. The zero-order valence-corrected chi connectivity index (χ0v) is 19.9. The Hall–Kier alpha value is -4.32. The van der Waals surface area contributed by atoms with Crippen molar-refractivity contribution in [3.63, 3.8) is 0 Å². The third kappa shape index (κ3) is 4.57. The smallest absolute Gasteiger partial charge is 0.204 e. The minimum Gasteiger partial charge on any atom is -0.399 e. The zero-order valence-electron chi connectivity index (χ0n) is 19.9. The van der Waals surface area contributed by atoms with Crippen LogP contribution in [0.4, 0.5) is 28.4 Å². The van der Waals surface area contributed by atoms with Crippen molar-refractivity contribution in [3.8, 4) is 0 Å². The number of nitrogens with two attached hydrogens (primary N) is 2. The number of hydrogen-bond donors (Lipinski definition) is 4. The Morgan fingerprint density at radius 3 is 2.03 bits per heavy atom. The van der Waals surface area contributed by atoms with E-state index in [1.807, 2.05) is 82.3 Å². The van der Waals surface area contributed by atoms with Gasteiger partial charge in [0.05, 0.1) is 22.8 Å². The number of carbonyl (C=O) groups excluding carboxylic acids is 1. The number of ketones is 1. The Balaban J connectivity index is 1.77. The van der Waals surface area contributed by atoms with Gasteiger partial charge in [-0.2, -0.15) is 0 Å². The molecule has 1 aliphatic rings. The fourth-order valence-corrected chi connectivity index (χ4v) is 3.74. The first-order valence-corrected chi connectivity index (χ1v) is 11.1. The standard InChI is InChI=1S/C28H29N5O/c1-16-18(3)23(12-10-21(16)29)32-25-14-27(33-24-13-11-22(30)17(2)19(24)4)28(34)15-26(25)31-20-8-6-5-7-9-20/h5-15,31,33H,29-30H2,1-4H3. The van der Waals surface area contributed by atoms with Crippen molar-refractivity contribution >= 4 is 39.9 Å². The normalized spacial score (nSPS) is 14.6. The number of aliphatic imine (C=N–C) groups is 1. The van der Waals surface area contributed by atoms with Gasteiger partial charge in [-0.05, 0) is 92.4 Å². The van der Waals surface area contributed by atoms with E-state index in [9.17, 15) is 4.79 Å². The number of nitrogens with one attached hydrogen (secondary N) is 2. The summed E-state index contributed by atoms with van der Waals surface area (Å²) in [6, 6.07) is 17.2. The van der Waals surface area contributed by atoms with Crippen molar-refractivity contribution in [2.75, 3.05) is 22.1 Å². The van der Waals surface area contributed by atoms with Gasteiger partial charge >= 0.3 is 0 Å². The van der Waals surface area contributed by atoms with Gasteiger partial charge in [0.15, 0.2) is 0 Å². The number of carbonyl (C=O) groups is 1. The third-order valence-electron chi connectivity index (χ3n) is 6.29. The van der Waals surface area contributed by atoms with Crippen molar-refractivity contribution in [3.05, 3.63) is 100 Å². The van der Waals surface area contributed by atoms with Gasteiger partial charge in [0.1, 0.15) is 0 Å². The summed E-state index contributed by atoms with van der Waals surface area (Å²) >= 11 is 0. The number of allylic oxidation sites excluding steroid dienone is 2. The first-order valence-electron chi connectivity index (χ1n) is 11.1. The monoisotopic (exact) mass is 451 g/mol. The van der Waals surface area contributed by atoms with E-state index >= 15 is 0 Å². The fraction of sp³-hybridized carbons (Fsp3) is 0.143. The predicted molar refractivity (Wildman–Crippen MR) is 143 cm³/mol. The van der Waals surface area contributed by atoms with E-state index in [1.165, 1.54) is 0 Å². The van der Waals surface area contributed by atoms with Crippen LogP contribution in [0.25, 0.3) is 0 Å². The minimum atomic E-state index is -0.142. The molecule has 0 saturated heterocycles. The molecule has 34 heavy (non-hydrogen) atoms. The lowest BCUT2D eigenvalue weighted by atomic mass is 10.0. The zero-order chi connectivity index (χ0) is 24.4. The molecule has 4 rings (SSSR count). The van der Waals surface area contributed by atoms with Gasteiger partial charge in [-0.1, -0.05) is 18.2 Å². The summed E-state index contributed by atoms with van der Waals surface area (Å²) in [7, 11) is 0. The molecule has 0 unspecified atom stereocenters. The van der Waals surface area contributed by atoms with Gasteiger partial charge in [-0.3, -0.25) is 4.79 Å². The van der Waals surface area contributed by atoms with Crippen LogP contribution < -0.4 is 22.1 Å². The molecule has 0 aromatic heterocycles. The van der Waals surface area contributed by atoms with Gasteiger partial charge in [0.2, 0.25) is 5.78 Å². The second-order valence-corrected chi connectivity index (χ2v) is 8.47. The molecule has 0 heterocycles. The van der Waals surface area contributed by atoms with Gasteiger partial charge in [-0.25, -0.2) is 4.99 Å². The van der Waals surface area contributed by atoms with Crippen molar-refractivity contribution < 1.29 is 4.79 Å². The summed E-state index contributed by atoms with van der Waals surface area (Å²) in [5.41, 5.74) is 21.7. The number of benzene rings is 3. The van der Waals surface area contributed by atoms with E-state index in [2.05, 4.69) is 10.6 Å². The number of nitrogen functional groups attached to an aromatic ring is 2. The van der Waals surface area contributed by atoms with Crippen molar-refractivity contribution in [1.29, 1.82) is 0 Å². The number of nitrogens with zero attached hydrogens (tertiary/aromatic N) is 1. The van der Waals surface area contributed by atoms with E-state index in [4.69, 9.17) is 16.5 Å². The Kier molecular flexibility index (Phi) is 6.23. The quantitative estimate of drug-likeness (QED) is 0.293. The first-order chi connectivity index (χ1) is 16.2. The molecule has 0 spiro atoms. The minimum absolute atomic E-state index is 0.142. The summed E-state index contributed by atoms with van der Waals surface area (Å²) in [5.74, 6) is -0.142. The highest BCUT2D eigenvalue weighted by Gasteiger charge is 2.21. The Morgan fingerprint density at radius 1 is 0.676 bits per heavy atom. The predicted octanol–water partition coefficient (Wildman–Crippen LogP) is 5.73. The van der Waals surface area contributed by atoms with Gasteiger partial charge in [0, 0.05) is 28.8 Å². The molecule has 0 amide bonds. The van der Waals surface area contributed by atoms with Crippen LogP contribution in [-0.2, 0) is 4.79 Å². The van der Waals surface area contributed by atoms with Crippen LogP contribution in [0, 0.1) is 27.7 Å². The lowest BCUT2D eigenvalue weighted by molar-refractivity contribution is -0.111. The molecule has 0 radical (unpaired) electrons. The highest BCUT2D eigenvalue weighted by atomic mass is 16.1. The van der Waals surface area contributed by atoms with E-state index in [-0.39, 0.29) is 5.78 Å².